The van der Waals surface area contributed by atoms with Crippen LogP contribution < -0.4 is 0 Å². The van der Waals surface area contributed by atoms with Gasteiger partial charge < -0.3 is 5.11 Å². The van der Waals surface area contributed by atoms with Crippen molar-refractivity contribution in [3.63, 3.8) is 0 Å². The molecule has 0 aromatic heterocycles. The van der Waals surface area contributed by atoms with Crippen molar-refractivity contribution in [1.82, 2.24) is 0 Å². The van der Waals surface area contributed by atoms with Crippen molar-refractivity contribution in [3.8, 4) is 0 Å². The number of rotatable bonds is 4. The Bertz CT molecular complexity index is 211. The molecule has 0 saturated heterocycles. The molecule has 0 aliphatic heterocycles. The highest BCUT2D eigenvalue weighted by atomic mass is 16.3. The van der Waals surface area contributed by atoms with Crippen molar-refractivity contribution >= 4 is 0 Å². The average Bonchev–Trinajstić information content (AvgIpc) is 2.18. The smallest absolute Gasteiger partial charge is 0.0574 e. The van der Waals surface area contributed by atoms with Crippen LogP contribution in [-0.4, -0.2) is 11.2 Å². The van der Waals surface area contributed by atoms with Gasteiger partial charge in [-0.2, -0.15) is 0 Å². The highest BCUT2D eigenvalue weighted by molar-refractivity contribution is 4.95. The Morgan fingerprint density at radius 1 is 1.50 bits per heavy atom. The van der Waals surface area contributed by atoms with E-state index in [0.717, 1.165) is 32.1 Å². The predicted octanol–water partition coefficient (Wildman–Crippen LogP) is 3.45. The van der Waals surface area contributed by atoms with E-state index >= 15 is 0 Å². The van der Waals surface area contributed by atoms with Crippen LogP contribution in [0.1, 0.15) is 46.0 Å². The van der Waals surface area contributed by atoms with E-state index in [0.29, 0.717) is 5.92 Å². The SMILES string of the molecule is CC(C)=CCCC(O)C1CC=CCC1. The lowest BCUT2D eigenvalue weighted by Crippen LogP contribution is -2.20. The summed E-state index contributed by atoms with van der Waals surface area (Å²) in [7, 11) is 0. The van der Waals surface area contributed by atoms with E-state index < -0.39 is 0 Å². The van der Waals surface area contributed by atoms with Crippen LogP contribution in [0.3, 0.4) is 0 Å². The molecule has 0 aromatic carbocycles. The molecule has 80 valence electrons. The number of allylic oxidation sites excluding steroid dienone is 4. The minimum absolute atomic E-state index is 0.101. The quantitative estimate of drug-likeness (QED) is 0.680. The molecule has 14 heavy (non-hydrogen) atoms. The van der Waals surface area contributed by atoms with Crippen molar-refractivity contribution < 1.29 is 5.11 Å². The summed E-state index contributed by atoms with van der Waals surface area (Å²) in [6, 6.07) is 0. The summed E-state index contributed by atoms with van der Waals surface area (Å²) in [5, 5.41) is 9.92. The summed E-state index contributed by atoms with van der Waals surface area (Å²) in [5.41, 5.74) is 1.35. The molecular formula is C13H22O. The van der Waals surface area contributed by atoms with Crippen molar-refractivity contribution in [2.45, 2.75) is 52.1 Å². The molecule has 1 aliphatic rings. The Hall–Kier alpha value is -0.560. The number of hydrogen-bond acceptors (Lipinski definition) is 1. The lowest BCUT2D eigenvalue weighted by Gasteiger charge is -2.23. The van der Waals surface area contributed by atoms with Crippen LogP contribution in [0.25, 0.3) is 0 Å². The van der Waals surface area contributed by atoms with Crippen LogP contribution in [0.5, 0.6) is 0 Å². The largest absolute Gasteiger partial charge is 0.393 e. The molecule has 1 heteroatoms. The normalized spacial score (nSPS) is 23.2. The maximum Gasteiger partial charge on any atom is 0.0574 e. The third-order valence-electron chi connectivity index (χ3n) is 2.87. The lowest BCUT2D eigenvalue weighted by molar-refractivity contribution is 0.0944. The Kier molecular flexibility index (Phi) is 4.95. The van der Waals surface area contributed by atoms with Gasteiger partial charge in [0, 0.05) is 0 Å². The molecule has 1 nitrogen and oxygen atoms in total. The minimum Gasteiger partial charge on any atom is -0.393 e. The van der Waals surface area contributed by atoms with E-state index in [1.54, 1.807) is 0 Å². The first kappa shape index (κ1) is 11.5. The molecule has 0 bridgehead atoms. The fourth-order valence-electron chi connectivity index (χ4n) is 1.94. The van der Waals surface area contributed by atoms with Gasteiger partial charge in [-0.25, -0.2) is 0 Å². The van der Waals surface area contributed by atoms with Gasteiger partial charge in [0.1, 0.15) is 0 Å². The van der Waals surface area contributed by atoms with Gasteiger partial charge >= 0.3 is 0 Å². The van der Waals surface area contributed by atoms with E-state index in [2.05, 4.69) is 32.1 Å². The summed E-state index contributed by atoms with van der Waals surface area (Å²) in [4.78, 5) is 0. The monoisotopic (exact) mass is 194 g/mol. The maximum atomic E-state index is 9.92. The van der Waals surface area contributed by atoms with Crippen LogP contribution in [0.15, 0.2) is 23.8 Å². The summed E-state index contributed by atoms with van der Waals surface area (Å²) in [6.07, 6.45) is 11.8. The zero-order valence-electron chi connectivity index (χ0n) is 9.37. The van der Waals surface area contributed by atoms with E-state index in [9.17, 15) is 5.11 Å². The van der Waals surface area contributed by atoms with Crippen LogP contribution >= 0.6 is 0 Å². The molecule has 0 aromatic rings. The first-order valence-corrected chi connectivity index (χ1v) is 5.66. The van der Waals surface area contributed by atoms with E-state index in [1.807, 2.05) is 0 Å². The fourth-order valence-corrected chi connectivity index (χ4v) is 1.94. The van der Waals surface area contributed by atoms with Crippen LogP contribution in [0.2, 0.25) is 0 Å². The standard InChI is InChI=1S/C13H22O/c1-11(2)7-6-10-13(14)12-8-4-3-5-9-12/h3-4,7,12-14H,5-6,8-10H2,1-2H3. The van der Waals surface area contributed by atoms with Crippen LogP contribution in [-0.2, 0) is 0 Å². The highest BCUT2D eigenvalue weighted by Crippen LogP contribution is 2.24. The molecule has 0 heterocycles. The molecular weight excluding hydrogens is 172 g/mol. The topological polar surface area (TPSA) is 20.2 Å². The Balaban J connectivity index is 2.23. The third-order valence-corrected chi connectivity index (χ3v) is 2.87. The molecule has 0 amide bonds. The van der Waals surface area contributed by atoms with Gasteiger partial charge in [-0.05, 0) is 51.9 Å². The predicted molar refractivity (Wildman–Crippen MR) is 61.2 cm³/mol. The first-order chi connectivity index (χ1) is 6.70. The van der Waals surface area contributed by atoms with Gasteiger partial charge in [0.2, 0.25) is 0 Å². The van der Waals surface area contributed by atoms with Crippen LogP contribution in [0.4, 0.5) is 0 Å². The van der Waals surface area contributed by atoms with Gasteiger partial charge in [-0.1, -0.05) is 23.8 Å². The van der Waals surface area contributed by atoms with Gasteiger partial charge in [0.05, 0.1) is 6.10 Å². The number of aliphatic hydroxyl groups is 1. The second-order valence-corrected chi connectivity index (χ2v) is 4.47. The molecule has 0 saturated carbocycles. The molecule has 0 fully saturated rings. The van der Waals surface area contributed by atoms with Crippen LogP contribution in [0, 0.1) is 5.92 Å². The summed E-state index contributed by atoms with van der Waals surface area (Å²) in [6.45, 7) is 4.21. The van der Waals surface area contributed by atoms with E-state index in [4.69, 9.17) is 0 Å². The molecule has 0 spiro atoms. The zero-order chi connectivity index (χ0) is 10.4. The Morgan fingerprint density at radius 3 is 2.86 bits per heavy atom. The fraction of sp³-hybridized carbons (Fsp3) is 0.692. The number of hydrogen-bond donors (Lipinski definition) is 1. The first-order valence-electron chi connectivity index (χ1n) is 5.66. The van der Waals surface area contributed by atoms with Crippen molar-refractivity contribution in [3.05, 3.63) is 23.8 Å². The minimum atomic E-state index is -0.101. The second-order valence-electron chi connectivity index (χ2n) is 4.47. The Morgan fingerprint density at radius 2 is 2.29 bits per heavy atom. The van der Waals surface area contributed by atoms with E-state index in [-0.39, 0.29) is 6.10 Å². The average molecular weight is 194 g/mol. The third kappa shape index (κ3) is 4.10. The summed E-state index contributed by atoms with van der Waals surface area (Å²) < 4.78 is 0. The second kappa shape index (κ2) is 6.02. The molecule has 0 radical (unpaired) electrons. The summed E-state index contributed by atoms with van der Waals surface area (Å²) >= 11 is 0. The summed E-state index contributed by atoms with van der Waals surface area (Å²) in [5.74, 6) is 0.505. The Labute approximate surface area is 87.5 Å². The van der Waals surface area contributed by atoms with Gasteiger partial charge in [0.25, 0.3) is 0 Å². The van der Waals surface area contributed by atoms with Crippen molar-refractivity contribution in [1.29, 1.82) is 0 Å². The van der Waals surface area contributed by atoms with Gasteiger partial charge in [0.15, 0.2) is 0 Å². The van der Waals surface area contributed by atoms with Gasteiger partial charge in [-0.15, -0.1) is 0 Å². The molecule has 1 rings (SSSR count). The molecule has 1 aliphatic carbocycles. The molecule has 1 N–H and O–H groups in total. The highest BCUT2D eigenvalue weighted by Gasteiger charge is 2.18. The van der Waals surface area contributed by atoms with Crippen molar-refractivity contribution in [2.24, 2.45) is 5.92 Å². The molecule has 2 atom stereocenters. The van der Waals surface area contributed by atoms with E-state index in [1.165, 1.54) is 5.57 Å². The number of aliphatic hydroxyl groups excluding tert-OH is 1. The zero-order valence-corrected chi connectivity index (χ0v) is 9.37. The lowest BCUT2D eigenvalue weighted by atomic mass is 9.87. The molecule has 2 unspecified atom stereocenters. The van der Waals surface area contributed by atoms with Gasteiger partial charge in [-0.3, -0.25) is 0 Å². The van der Waals surface area contributed by atoms with Crippen molar-refractivity contribution in [2.75, 3.05) is 0 Å². The maximum absolute atomic E-state index is 9.92.